The zero-order valence-electron chi connectivity index (χ0n) is 11.9. The molecule has 2 heterocycles. The minimum atomic E-state index is -4.35. The molecule has 1 aliphatic heterocycles. The summed E-state index contributed by atoms with van der Waals surface area (Å²) in [5.74, 6) is 0.514. The molecule has 3 rings (SSSR count). The molecule has 1 aromatic heterocycles. The number of nitrogens with zero attached hydrogens (tertiary/aromatic N) is 2. The van der Waals surface area contributed by atoms with Crippen LogP contribution in [0.3, 0.4) is 0 Å². The number of hydrogen-bond donors (Lipinski definition) is 1. The van der Waals surface area contributed by atoms with Gasteiger partial charge in [0.05, 0.1) is 5.56 Å². The summed E-state index contributed by atoms with van der Waals surface area (Å²) in [7, 11) is 0. The van der Waals surface area contributed by atoms with Gasteiger partial charge in [-0.3, -0.25) is 0 Å². The molecule has 1 unspecified atom stereocenters. The van der Waals surface area contributed by atoms with Gasteiger partial charge in [-0.2, -0.15) is 13.2 Å². The molecular formula is C15H20F3N3. The molecule has 0 aromatic carbocycles. The summed E-state index contributed by atoms with van der Waals surface area (Å²) in [6.45, 7) is 2.56. The molecule has 1 aliphatic carbocycles. The number of halogens is 3. The van der Waals surface area contributed by atoms with E-state index in [-0.39, 0.29) is 11.9 Å². The highest BCUT2D eigenvalue weighted by Gasteiger charge is 2.39. The van der Waals surface area contributed by atoms with Crippen LogP contribution in [0.4, 0.5) is 19.0 Å². The third-order valence-corrected chi connectivity index (χ3v) is 4.21. The summed E-state index contributed by atoms with van der Waals surface area (Å²) < 4.78 is 39.6. The molecule has 2 fully saturated rings. The van der Waals surface area contributed by atoms with Gasteiger partial charge in [0, 0.05) is 18.8 Å². The zero-order valence-corrected chi connectivity index (χ0v) is 11.9. The van der Waals surface area contributed by atoms with Crippen molar-refractivity contribution in [2.45, 2.75) is 37.9 Å². The van der Waals surface area contributed by atoms with Crippen LogP contribution in [0.2, 0.25) is 0 Å². The van der Waals surface area contributed by atoms with E-state index in [2.05, 4.69) is 10.3 Å². The van der Waals surface area contributed by atoms with E-state index >= 15 is 0 Å². The van der Waals surface area contributed by atoms with E-state index in [1.807, 2.05) is 4.90 Å². The highest BCUT2D eigenvalue weighted by molar-refractivity contribution is 5.50. The van der Waals surface area contributed by atoms with Gasteiger partial charge in [-0.15, -0.1) is 0 Å². The Hall–Kier alpha value is -1.30. The first-order chi connectivity index (χ1) is 10.1. The molecule has 0 amide bonds. The van der Waals surface area contributed by atoms with Crippen LogP contribution >= 0.6 is 0 Å². The number of hydrogen-bond acceptors (Lipinski definition) is 3. The number of rotatable bonds is 4. The fourth-order valence-electron chi connectivity index (χ4n) is 3.00. The van der Waals surface area contributed by atoms with Gasteiger partial charge in [0.25, 0.3) is 0 Å². The molecule has 0 radical (unpaired) electrons. The van der Waals surface area contributed by atoms with Crippen molar-refractivity contribution in [1.82, 2.24) is 10.3 Å². The molecule has 0 bridgehead atoms. The second-order valence-corrected chi connectivity index (χ2v) is 5.97. The van der Waals surface area contributed by atoms with Crippen LogP contribution in [0.1, 0.15) is 31.2 Å². The predicted octanol–water partition coefficient (Wildman–Crippen LogP) is 3.07. The molecular weight excluding hydrogens is 279 g/mol. The second kappa shape index (κ2) is 5.83. The lowest BCUT2D eigenvalue weighted by atomic mass is 9.98. The lowest BCUT2D eigenvalue weighted by Gasteiger charge is -2.32. The second-order valence-electron chi connectivity index (χ2n) is 5.97. The Labute approximate surface area is 122 Å². The molecule has 21 heavy (non-hydrogen) atoms. The van der Waals surface area contributed by atoms with Gasteiger partial charge in [-0.1, -0.05) is 0 Å². The van der Waals surface area contributed by atoms with Gasteiger partial charge in [0.15, 0.2) is 0 Å². The number of piperidine rings is 1. The van der Waals surface area contributed by atoms with E-state index in [1.165, 1.54) is 12.3 Å². The Morgan fingerprint density at radius 1 is 1.29 bits per heavy atom. The summed E-state index contributed by atoms with van der Waals surface area (Å²) >= 11 is 0. The maximum Gasteiger partial charge on any atom is 0.419 e. The number of anilines is 1. The van der Waals surface area contributed by atoms with Crippen LogP contribution in [-0.4, -0.2) is 30.7 Å². The molecule has 3 nitrogen and oxygen atoms in total. The van der Waals surface area contributed by atoms with Crippen LogP contribution in [0.5, 0.6) is 0 Å². The summed E-state index contributed by atoms with van der Waals surface area (Å²) in [6, 6.07) is 2.72. The molecule has 6 heteroatoms. The van der Waals surface area contributed by atoms with Crippen molar-refractivity contribution in [2.24, 2.45) is 5.92 Å². The minimum absolute atomic E-state index is 0.109. The van der Waals surface area contributed by atoms with Crippen molar-refractivity contribution >= 4 is 5.82 Å². The van der Waals surface area contributed by atoms with Gasteiger partial charge in [0.2, 0.25) is 0 Å². The van der Waals surface area contributed by atoms with E-state index in [0.29, 0.717) is 12.5 Å². The van der Waals surface area contributed by atoms with Gasteiger partial charge in [-0.25, -0.2) is 4.98 Å². The van der Waals surface area contributed by atoms with Gasteiger partial charge < -0.3 is 10.2 Å². The Balaban J connectivity index is 1.84. The molecule has 0 spiro atoms. The number of aromatic nitrogens is 1. The Morgan fingerprint density at radius 3 is 2.71 bits per heavy atom. The number of pyridine rings is 1. The van der Waals surface area contributed by atoms with Gasteiger partial charge in [0.1, 0.15) is 5.82 Å². The summed E-state index contributed by atoms with van der Waals surface area (Å²) in [4.78, 5) is 5.95. The Morgan fingerprint density at radius 2 is 2.10 bits per heavy atom. The first-order valence-electron chi connectivity index (χ1n) is 7.55. The molecule has 1 saturated heterocycles. The van der Waals surface area contributed by atoms with E-state index in [4.69, 9.17) is 0 Å². The smallest absolute Gasteiger partial charge is 0.353 e. The van der Waals surface area contributed by atoms with Crippen molar-refractivity contribution < 1.29 is 13.2 Å². The quantitative estimate of drug-likeness (QED) is 0.926. The highest BCUT2D eigenvalue weighted by atomic mass is 19.4. The van der Waals surface area contributed by atoms with Crippen LogP contribution in [-0.2, 0) is 6.18 Å². The van der Waals surface area contributed by atoms with Crippen molar-refractivity contribution in [2.75, 3.05) is 24.5 Å². The van der Waals surface area contributed by atoms with Crippen molar-refractivity contribution in [1.29, 1.82) is 0 Å². The zero-order chi connectivity index (χ0) is 14.9. The third kappa shape index (κ3) is 3.48. The average molecular weight is 299 g/mol. The van der Waals surface area contributed by atoms with Crippen molar-refractivity contribution in [3.63, 3.8) is 0 Å². The van der Waals surface area contributed by atoms with Crippen LogP contribution in [0.25, 0.3) is 0 Å². The lowest BCUT2D eigenvalue weighted by Crippen LogP contribution is -2.40. The average Bonchev–Trinajstić information content (AvgIpc) is 3.30. The van der Waals surface area contributed by atoms with E-state index in [9.17, 15) is 13.2 Å². The van der Waals surface area contributed by atoms with Crippen molar-refractivity contribution in [3.8, 4) is 0 Å². The molecule has 1 aromatic rings. The largest absolute Gasteiger partial charge is 0.419 e. The highest BCUT2D eigenvalue weighted by Crippen LogP contribution is 2.39. The summed E-state index contributed by atoms with van der Waals surface area (Å²) in [5.41, 5.74) is -0.610. The van der Waals surface area contributed by atoms with Gasteiger partial charge >= 0.3 is 6.18 Å². The number of alkyl halides is 3. The summed E-state index contributed by atoms with van der Waals surface area (Å²) in [5, 5.41) is 3.33. The van der Waals surface area contributed by atoms with Crippen LogP contribution in [0.15, 0.2) is 18.3 Å². The number of nitrogens with one attached hydrogen (secondary N) is 1. The van der Waals surface area contributed by atoms with Crippen molar-refractivity contribution in [3.05, 3.63) is 23.9 Å². The first kappa shape index (κ1) is 14.6. The molecule has 1 atom stereocenters. The molecule has 1 saturated carbocycles. The normalized spacial score (nSPS) is 23.1. The Bertz CT molecular complexity index is 479. The van der Waals surface area contributed by atoms with E-state index in [1.54, 1.807) is 0 Å². The van der Waals surface area contributed by atoms with Crippen LogP contribution < -0.4 is 10.2 Å². The molecule has 116 valence electrons. The molecule has 2 aliphatic rings. The molecule has 1 N–H and O–H groups in total. The van der Waals surface area contributed by atoms with E-state index in [0.717, 1.165) is 44.8 Å². The monoisotopic (exact) mass is 299 g/mol. The Kier molecular flexibility index (Phi) is 4.06. The maximum atomic E-state index is 13.2. The predicted molar refractivity (Wildman–Crippen MR) is 75.2 cm³/mol. The fraction of sp³-hybridized carbons (Fsp3) is 0.667. The summed E-state index contributed by atoms with van der Waals surface area (Å²) in [6.07, 6.45) is 1.21. The third-order valence-electron chi connectivity index (χ3n) is 4.21. The fourth-order valence-corrected chi connectivity index (χ4v) is 3.00. The van der Waals surface area contributed by atoms with E-state index < -0.39 is 11.7 Å². The maximum absolute atomic E-state index is 13.2. The van der Waals surface area contributed by atoms with Crippen LogP contribution in [0, 0.1) is 5.92 Å². The SMILES string of the molecule is FC(F)(F)c1cccnc1N(CC1CCCNC1)C1CC1. The first-order valence-corrected chi connectivity index (χ1v) is 7.55. The lowest BCUT2D eigenvalue weighted by molar-refractivity contribution is -0.137. The topological polar surface area (TPSA) is 28.2 Å². The van der Waals surface area contributed by atoms with Gasteiger partial charge in [-0.05, 0) is 56.8 Å². The standard InChI is InChI=1S/C15H20F3N3/c16-15(17,18)13-4-2-8-20-14(13)21(12-5-6-12)10-11-3-1-7-19-9-11/h2,4,8,11-12,19H,1,3,5-7,9-10H2. The minimum Gasteiger partial charge on any atom is -0.353 e.